The molecule has 0 atom stereocenters. The van der Waals surface area contributed by atoms with Crippen molar-refractivity contribution in [3.63, 3.8) is 0 Å². The van der Waals surface area contributed by atoms with Crippen LogP contribution in [0.1, 0.15) is 18.1 Å². The van der Waals surface area contributed by atoms with E-state index in [1.54, 1.807) is 0 Å². The molecular formula is C11H13N3. The molecule has 0 saturated carbocycles. The summed E-state index contributed by atoms with van der Waals surface area (Å²) in [6.45, 7) is 2.83. The van der Waals surface area contributed by atoms with Crippen molar-refractivity contribution < 1.29 is 0 Å². The van der Waals surface area contributed by atoms with E-state index in [1.165, 1.54) is 11.1 Å². The third-order valence-corrected chi connectivity index (χ3v) is 2.31. The molecule has 3 nitrogen and oxygen atoms in total. The Morgan fingerprint density at radius 3 is 2.86 bits per heavy atom. The van der Waals surface area contributed by atoms with Gasteiger partial charge in [-0.2, -0.15) is 5.11 Å². The van der Waals surface area contributed by atoms with Gasteiger partial charge >= 0.3 is 0 Å². The first-order valence-electron chi connectivity index (χ1n) is 4.88. The Bertz CT molecular complexity index is 380. The number of hydrogen-bond donors (Lipinski definition) is 0. The molecule has 1 aromatic carbocycles. The van der Waals surface area contributed by atoms with E-state index in [9.17, 15) is 0 Å². The van der Waals surface area contributed by atoms with Gasteiger partial charge in [0.2, 0.25) is 0 Å². The van der Waals surface area contributed by atoms with Gasteiger partial charge in [0.05, 0.1) is 5.71 Å². The number of aryl methyl sites for hydroxylation is 1. The van der Waals surface area contributed by atoms with E-state index in [0.29, 0.717) is 6.54 Å². The molecule has 0 saturated heterocycles. The highest BCUT2D eigenvalue weighted by Gasteiger charge is 2.05. The second-order valence-electron chi connectivity index (χ2n) is 3.41. The van der Waals surface area contributed by atoms with Gasteiger partial charge in [0.1, 0.15) is 6.54 Å². The van der Waals surface area contributed by atoms with Crippen LogP contribution in [-0.4, -0.2) is 12.3 Å². The van der Waals surface area contributed by atoms with Gasteiger partial charge in [-0.25, -0.2) is 0 Å². The van der Waals surface area contributed by atoms with E-state index in [2.05, 4.69) is 46.6 Å². The number of benzene rings is 1. The van der Waals surface area contributed by atoms with Crippen LogP contribution >= 0.6 is 0 Å². The fourth-order valence-electron chi connectivity index (χ4n) is 1.53. The topological polar surface area (TPSA) is 37.1 Å². The second-order valence-corrected chi connectivity index (χ2v) is 3.41. The second kappa shape index (κ2) is 4.13. The first-order chi connectivity index (χ1) is 6.88. The average Bonchev–Trinajstić information content (AvgIpc) is 2.71. The van der Waals surface area contributed by atoms with Crippen molar-refractivity contribution in [3.8, 4) is 0 Å². The highest BCUT2D eigenvalue weighted by atomic mass is 15.4. The van der Waals surface area contributed by atoms with E-state index < -0.39 is 0 Å². The Hall–Kier alpha value is -1.51. The fourth-order valence-corrected chi connectivity index (χ4v) is 1.53. The summed E-state index contributed by atoms with van der Waals surface area (Å²) in [5.74, 6) is 0. The van der Waals surface area contributed by atoms with Crippen molar-refractivity contribution in [2.24, 2.45) is 15.4 Å². The lowest BCUT2D eigenvalue weighted by atomic mass is 10.0. The number of nitrogens with zero attached hydrogens (tertiary/aromatic N) is 3. The highest BCUT2D eigenvalue weighted by molar-refractivity contribution is 5.89. The first kappa shape index (κ1) is 9.06. The van der Waals surface area contributed by atoms with Crippen LogP contribution in [0.2, 0.25) is 0 Å². The molecule has 0 spiro atoms. The van der Waals surface area contributed by atoms with Crippen LogP contribution < -0.4 is 0 Å². The van der Waals surface area contributed by atoms with Crippen molar-refractivity contribution in [2.75, 3.05) is 6.54 Å². The molecule has 1 aromatic rings. The standard InChI is InChI=1S/C11H13N3/c1-2-9-4-3-5-10(6-9)7-11-8-12-14-13-11/h3-6H,2,7-8H2,1H3. The normalized spacial score (nSPS) is 14.5. The Morgan fingerprint density at radius 1 is 1.29 bits per heavy atom. The van der Waals surface area contributed by atoms with E-state index in [-0.39, 0.29) is 0 Å². The van der Waals surface area contributed by atoms with Crippen molar-refractivity contribution in [3.05, 3.63) is 35.4 Å². The van der Waals surface area contributed by atoms with Crippen LogP contribution in [-0.2, 0) is 12.8 Å². The number of hydrogen-bond acceptors (Lipinski definition) is 3. The molecule has 0 N–H and O–H groups in total. The number of rotatable bonds is 3. The Kier molecular flexibility index (Phi) is 2.68. The van der Waals surface area contributed by atoms with Crippen LogP contribution in [0.5, 0.6) is 0 Å². The lowest BCUT2D eigenvalue weighted by molar-refractivity contribution is 1.06. The van der Waals surface area contributed by atoms with Gasteiger partial charge in [0, 0.05) is 6.42 Å². The van der Waals surface area contributed by atoms with E-state index >= 15 is 0 Å². The largest absolute Gasteiger partial charge is 0.163 e. The monoisotopic (exact) mass is 187 g/mol. The molecule has 3 heteroatoms. The van der Waals surface area contributed by atoms with Gasteiger partial charge in [-0.1, -0.05) is 31.2 Å². The zero-order valence-electron chi connectivity index (χ0n) is 8.27. The summed E-state index contributed by atoms with van der Waals surface area (Å²) >= 11 is 0. The van der Waals surface area contributed by atoms with E-state index in [4.69, 9.17) is 0 Å². The molecule has 0 amide bonds. The maximum absolute atomic E-state index is 3.96. The first-order valence-corrected chi connectivity index (χ1v) is 4.88. The molecule has 0 fully saturated rings. The predicted molar refractivity (Wildman–Crippen MR) is 56.7 cm³/mol. The average molecular weight is 187 g/mol. The molecule has 1 aliphatic heterocycles. The third kappa shape index (κ3) is 2.05. The van der Waals surface area contributed by atoms with Crippen LogP contribution in [0.4, 0.5) is 0 Å². The molecule has 0 radical (unpaired) electrons. The summed E-state index contributed by atoms with van der Waals surface area (Å²) in [6.07, 6.45) is 1.95. The van der Waals surface area contributed by atoms with Gasteiger partial charge < -0.3 is 0 Å². The lowest BCUT2D eigenvalue weighted by Crippen LogP contribution is -2.03. The smallest absolute Gasteiger partial charge is 0.103 e. The molecule has 2 rings (SSSR count). The quantitative estimate of drug-likeness (QED) is 0.697. The predicted octanol–water partition coefficient (Wildman–Crippen LogP) is 2.61. The minimum atomic E-state index is 0.663. The molecule has 0 aromatic heterocycles. The third-order valence-electron chi connectivity index (χ3n) is 2.31. The summed E-state index contributed by atoms with van der Waals surface area (Å²) in [7, 11) is 0. The Balaban J connectivity index is 2.09. The van der Waals surface area contributed by atoms with Crippen LogP contribution in [0.3, 0.4) is 0 Å². The zero-order chi connectivity index (χ0) is 9.80. The fraction of sp³-hybridized carbons (Fsp3) is 0.364. The minimum absolute atomic E-state index is 0.663. The van der Waals surface area contributed by atoms with Crippen LogP contribution in [0.15, 0.2) is 39.7 Å². The van der Waals surface area contributed by atoms with Crippen LogP contribution in [0, 0.1) is 0 Å². The van der Waals surface area contributed by atoms with Crippen molar-refractivity contribution in [1.29, 1.82) is 0 Å². The van der Waals surface area contributed by atoms with E-state index in [0.717, 1.165) is 18.6 Å². The van der Waals surface area contributed by atoms with Crippen molar-refractivity contribution >= 4 is 5.71 Å². The maximum atomic E-state index is 3.96. The molecular weight excluding hydrogens is 174 g/mol. The van der Waals surface area contributed by atoms with Crippen molar-refractivity contribution in [1.82, 2.24) is 0 Å². The highest BCUT2D eigenvalue weighted by Crippen LogP contribution is 2.09. The van der Waals surface area contributed by atoms with Gasteiger partial charge in [-0.3, -0.25) is 0 Å². The van der Waals surface area contributed by atoms with Gasteiger partial charge in [-0.05, 0) is 22.8 Å². The molecule has 0 unspecified atom stereocenters. The molecule has 0 aliphatic carbocycles. The zero-order valence-corrected chi connectivity index (χ0v) is 8.27. The van der Waals surface area contributed by atoms with Crippen molar-refractivity contribution in [2.45, 2.75) is 19.8 Å². The van der Waals surface area contributed by atoms with E-state index in [1.807, 2.05) is 0 Å². The SMILES string of the molecule is CCc1cccc(CC2=NN=NC2)c1. The summed E-state index contributed by atoms with van der Waals surface area (Å²) in [6, 6.07) is 8.59. The summed E-state index contributed by atoms with van der Waals surface area (Å²) in [5, 5.41) is 11.4. The minimum Gasteiger partial charge on any atom is -0.163 e. The Labute approximate surface area is 83.6 Å². The summed E-state index contributed by atoms with van der Waals surface area (Å²) in [4.78, 5) is 0. The molecule has 1 heterocycles. The molecule has 72 valence electrons. The lowest BCUT2D eigenvalue weighted by Gasteiger charge is -2.02. The summed E-state index contributed by atoms with van der Waals surface area (Å²) in [5.41, 5.74) is 3.73. The maximum Gasteiger partial charge on any atom is 0.103 e. The molecule has 14 heavy (non-hydrogen) atoms. The Morgan fingerprint density at radius 2 is 2.14 bits per heavy atom. The van der Waals surface area contributed by atoms with Gasteiger partial charge in [0.15, 0.2) is 0 Å². The molecule has 0 bridgehead atoms. The molecule has 1 aliphatic rings. The summed E-state index contributed by atoms with van der Waals surface area (Å²) < 4.78 is 0. The van der Waals surface area contributed by atoms with Crippen LogP contribution in [0.25, 0.3) is 0 Å². The van der Waals surface area contributed by atoms with Gasteiger partial charge in [0.25, 0.3) is 0 Å². The van der Waals surface area contributed by atoms with Gasteiger partial charge in [-0.15, -0.1) is 5.10 Å².